The number of nitrogens with zero attached hydrogens (tertiary/aromatic N) is 2. The molecule has 0 saturated carbocycles. The molecule has 0 radical (unpaired) electrons. The largest absolute Gasteiger partial charge is 0.461 e. The summed E-state index contributed by atoms with van der Waals surface area (Å²) >= 11 is 0. The Labute approximate surface area is 76.5 Å². The lowest BCUT2D eigenvalue weighted by Gasteiger charge is -2.14. The number of carbonyl (C=O) groups excluding carboxylic acids is 1. The van der Waals surface area contributed by atoms with Gasteiger partial charge in [-0.1, -0.05) is 0 Å². The molecule has 6 heteroatoms. The standard InChI is InChI=1S/C7H14N2O4/c1-4-13-7(10)6(9(11)12)5-8(2)3/h5,11-12H,4H2,1-3H3. The van der Waals surface area contributed by atoms with Gasteiger partial charge in [-0.2, -0.15) is 0 Å². The molecule has 0 aromatic carbocycles. The average molecular weight is 190 g/mol. The van der Waals surface area contributed by atoms with E-state index in [9.17, 15) is 4.79 Å². The van der Waals surface area contributed by atoms with E-state index in [1.807, 2.05) is 0 Å². The van der Waals surface area contributed by atoms with Crippen molar-refractivity contribution in [1.82, 2.24) is 10.1 Å². The fraction of sp³-hybridized carbons (Fsp3) is 0.571. The molecule has 0 fully saturated rings. The van der Waals surface area contributed by atoms with Gasteiger partial charge in [-0.05, 0) is 6.92 Å². The lowest BCUT2D eigenvalue weighted by Crippen LogP contribution is -2.24. The van der Waals surface area contributed by atoms with Crippen LogP contribution in [0, 0.1) is 0 Å². The summed E-state index contributed by atoms with van der Waals surface area (Å²) < 4.78 is 4.57. The second-order valence-corrected chi connectivity index (χ2v) is 2.49. The average Bonchev–Trinajstić information content (AvgIpc) is 1.99. The third-order valence-electron chi connectivity index (χ3n) is 1.08. The van der Waals surface area contributed by atoms with Crippen LogP contribution in [0.5, 0.6) is 0 Å². The van der Waals surface area contributed by atoms with Crippen molar-refractivity contribution in [2.75, 3.05) is 20.7 Å². The smallest absolute Gasteiger partial charge is 0.361 e. The minimum Gasteiger partial charge on any atom is -0.461 e. The Morgan fingerprint density at radius 1 is 1.46 bits per heavy atom. The minimum absolute atomic E-state index is 0.178. The molecule has 13 heavy (non-hydrogen) atoms. The van der Waals surface area contributed by atoms with Crippen LogP contribution in [0.3, 0.4) is 0 Å². The highest BCUT2D eigenvalue weighted by Crippen LogP contribution is 2.01. The van der Waals surface area contributed by atoms with Crippen molar-refractivity contribution in [2.24, 2.45) is 0 Å². The summed E-state index contributed by atoms with van der Waals surface area (Å²) in [5.41, 5.74) is -0.341. The molecule has 0 aromatic rings. The van der Waals surface area contributed by atoms with Crippen LogP contribution in [0.25, 0.3) is 0 Å². The van der Waals surface area contributed by atoms with Crippen molar-refractivity contribution in [3.8, 4) is 0 Å². The van der Waals surface area contributed by atoms with Crippen molar-refractivity contribution >= 4 is 5.97 Å². The van der Waals surface area contributed by atoms with Crippen molar-refractivity contribution < 1.29 is 19.9 Å². The zero-order valence-electron chi connectivity index (χ0n) is 7.89. The number of hydrogen-bond acceptors (Lipinski definition) is 6. The molecule has 0 aliphatic rings. The van der Waals surface area contributed by atoms with Gasteiger partial charge < -0.3 is 9.64 Å². The molecule has 0 aliphatic carbocycles. The molecule has 0 spiro atoms. The fourth-order valence-electron chi connectivity index (χ4n) is 0.636. The molecule has 76 valence electrons. The quantitative estimate of drug-likeness (QED) is 0.370. The molecule has 0 unspecified atom stereocenters. The SMILES string of the molecule is CCOC(=O)C(=CN(C)C)N(O)O. The van der Waals surface area contributed by atoms with Gasteiger partial charge in [0.15, 0.2) is 5.70 Å². The molecule has 0 atom stereocenters. The van der Waals surface area contributed by atoms with E-state index < -0.39 is 5.97 Å². The molecule has 0 saturated heterocycles. The molecule has 0 rings (SSSR count). The summed E-state index contributed by atoms with van der Waals surface area (Å²) in [6.45, 7) is 1.81. The van der Waals surface area contributed by atoms with Crippen LogP contribution in [0.15, 0.2) is 11.9 Å². The lowest BCUT2D eigenvalue weighted by molar-refractivity contribution is -0.280. The monoisotopic (exact) mass is 190 g/mol. The molecule has 2 N–H and O–H groups in total. The van der Waals surface area contributed by atoms with Gasteiger partial charge >= 0.3 is 5.97 Å². The van der Waals surface area contributed by atoms with Gasteiger partial charge in [0.1, 0.15) is 0 Å². The first-order valence-electron chi connectivity index (χ1n) is 3.72. The molecule has 0 amide bonds. The maximum absolute atomic E-state index is 11.0. The van der Waals surface area contributed by atoms with E-state index in [2.05, 4.69) is 4.74 Å². The minimum atomic E-state index is -0.791. The lowest BCUT2D eigenvalue weighted by atomic mass is 10.5. The molecule has 0 heterocycles. The van der Waals surface area contributed by atoms with Crippen LogP contribution in [0.1, 0.15) is 6.92 Å². The number of esters is 1. The first-order valence-corrected chi connectivity index (χ1v) is 3.72. The maximum Gasteiger partial charge on any atom is 0.361 e. The highest BCUT2D eigenvalue weighted by Gasteiger charge is 2.16. The number of rotatable bonds is 4. The van der Waals surface area contributed by atoms with Gasteiger partial charge in [-0.3, -0.25) is 10.4 Å². The van der Waals surface area contributed by atoms with E-state index >= 15 is 0 Å². The van der Waals surface area contributed by atoms with Crippen molar-refractivity contribution in [3.05, 3.63) is 11.9 Å². The van der Waals surface area contributed by atoms with Crippen molar-refractivity contribution in [2.45, 2.75) is 6.92 Å². The van der Waals surface area contributed by atoms with Gasteiger partial charge in [0.2, 0.25) is 0 Å². The first-order chi connectivity index (χ1) is 5.99. The summed E-state index contributed by atoms with van der Waals surface area (Å²) in [6.07, 6.45) is 1.23. The Morgan fingerprint density at radius 3 is 2.31 bits per heavy atom. The molecule has 6 nitrogen and oxygen atoms in total. The topological polar surface area (TPSA) is 73.2 Å². The van der Waals surface area contributed by atoms with Gasteiger partial charge in [-0.15, -0.1) is 5.23 Å². The molecule has 0 aromatic heterocycles. The number of hydrogen-bond donors (Lipinski definition) is 2. The molecule has 0 bridgehead atoms. The predicted molar refractivity (Wildman–Crippen MR) is 43.8 cm³/mol. The maximum atomic E-state index is 11.0. The van der Waals surface area contributed by atoms with Crippen LogP contribution < -0.4 is 0 Å². The van der Waals surface area contributed by atoms with Gasteiger partial charge in [-0.25, -0.2) is 4.79 Å². The van der Waals surface area contributed by atoms with Crippen LogP contribution >= 0.6 is 0 Å². The number of carbonyl (C=O) groups is 1. The van der Waals surface area contributed by atoms with E-state index in [1.165, 1.54) is 11.1 Å². The summed E-state index contributed by atoms with van der Waals surface area (Å²) in [4.78, 5) is 12.5. The van der Waals surface area contributed by atoms with E-state index in [4.69, 9.17) is 10.4 Å². The van der Waals surface area contributed by atoms with Gasteiger partial charge in [0, 0.05) is 20.3 Å². The van der Waals surface area contributed by atoms with E-state index in [-0.39, 0.29) is 17.5 Å². The van der Waals surface area contributed by atoms with Gasteiger partial charge in [0.05, 0.1) is 6.61 Å². The summed E-state index contributed by atoms with van der Waals surface area (Å²) in [6, 6.07) is 0. The summed E-state index contributed by atoms with van der Waals surface area (Å²) in [5, 5.41) is 17.0. The highest BCUT2D eigenvalue weighted by atomic mass is 16.8. The van der Waals surface area contributed by atoms with E-state index in [0.717, 1.165) is 0 Å². The number of hydroxylamine groups is 2. The van der Waals surface area contributed by atoms with Crippen LogP contribution in [0.4, 0.5) is 0 Å². The third-order valence-corrected chi connectivity index (χ3v) is 1.08. The second kappa shape index (κ2) is 5.39. The van der Waals surface area contributed by atoms with Crippen LogP contribution in [-0.4, -0.2) is 47.2 Å². The molecular weight excluding hydrogens is 176 g/mol. The third kappa shape index (κ3) is 4.34. The predicted octanol–water partition coefficient (Wildman–Crippen LogP) is 0.0329. The molecular formula is C7H14N2O4. The Balaban J connectivity index is 4.51. The van der Waals surface area contributed by atoms with Crippen molar-refractivity contribution in [1.29, 1.82) is 0 Å². The van der Waals surface area contributed by atoms with Crippen molar-refractivity contribution in [3.63, 3.8) is 0 Å². The number of ether oxygens (including phenoxy) is 1. The van der Waals surface area contributed by atoms with E-state index in [1.54, 1.807) is 21.0 Å². The van der Waals surface area contributed by atoms with Gasteiger partial charge in [0.25, 0.3) is 0 Å². The Morgan fingerprint density at radius 2 is 2.00 bits per heavy atom. The Bertz CT molecular complexity index is 201. The summed E-state index contributed by atoms with van der Waals surface area (Å²) in [7, 11) is 3.28. The zero-order valence-corrected chi connectivity index (χ0v) is 7.89. The van der Waals surface area contributed by atoms with Crippen LogP contribution in [0.2, 0.25) is 0 Å². The Kier molecular flexibility index (Phi) is 4.86. The highest BCUT2D eigenvalue weighted by molar-refractivity contribution is 5.87. The van der Waals surface area contributed by atoms with E-state index in [0.29, 0.717) is 0 Å². The summed E-state index contributed by atoms with van der Waals surface area (Å²) in [5.74, 6) is -0.791. The first kappa shape index (κ1) is 11.7. The second-order valence-electron chi connectivity index (χ2n) is 2.49. The fourth-order valence-corrected chi connectivity index (χ4v) is 0.636. The molecule has 0 aliphatic heterocycles. The van der Waals surface area contributed by atoms with Crippen LogP contribution in [-0.2, 0) is 9.53 Å². The Hall–Kier alpha value is -1.27. The zero-order chi connectivity index (χ0) is 10.4. The normalized spacial score (nSPS) is 11.0.